The van der Waals surface area contributed by atoms with Crippen molar-refractivity contribution in [2.24, 2.45) is 0 Å². The van der Waals surface area contributed by atoms with Crippen molar-refractivity contribution in [2.45, 2.75) is 0 Å². The van der Waals surface area contributed by atoms with E-state index < -0.39 is 5.97 Å². The van der Waals surface area contributed by atoms with Gasteiger partial charge in [-0.2, -0.15) is 14.9 Å². The lowest BCUT2D eigenvalue weighted by Crippen LogP contribution is -2.03. The number of nitrogens with one attached hydrogen (secondary N) is 2. The third-order valence-electron chi connectivity index (χ3n) is 4.80. The summed E-state index contributed by atoms with van der Waals surface area (Å²) in [6.07, 6.45) is 1.49. The van der Waals surface area contributed by atoms with Gasteiger partial charge in [0.1, 0.15) is 11.6 Å². The molecule has 0 saturated carbocycles. The van der Waals surface area contributed by atoms with E-state index in [1.54, 1.807) is 43.0 Å². The lowest BCUT2D eigenvalue weighted by atomic mass is 10.1. The van der Waals surface area contributed by atoms with E-state index in [0.29, 0.717) is 45.5 Å². The zero-order chi connectivity index (χ0) is 22.0. The van der Waals surface area contributed by atoms with E-state index in [2.05, 4.69) is 21.5 Å². The molecule has 0 saturated heterocycles. The minimum absolute atomic E-state index is 0.401. The third-order valence-corrected chi connectivity index (χ3v) is 4.80. The van der Waals surface area contributed by atoms with Crippen LogP contribution in [0, 0.1) is 11.3 Å². The van der Waals surface area contributed by atoms with Gasteiger partial charge in [0.2, 0.25) is 0 Å². The molecule has 0 aliphatic carbocycles. The molecule has 9 nitrogen and oxygen atoms in total. The van der Waals surface area contributed by atoms with E-state index in [1.165, 1.54) is 13.3 Å². The molecule has 9 heteroatoms. The molecule has 0 unspecified atom stereocenters. The average Bonchev–Trinajstić information content (AvgIpc) is 3.38. The fourth-order valence-corrected chi connectivity index (χ4v) is 3.30. The summed E-state index contributed by atoms with van der Waals surface area (Å²) < 4.78 is 17.2. The van der Waals surface area contributed by atoms with E-state index in [-0.39, 0.29) is 0 Å². The lowest BCUT2D eigenvalue weighted by Gasteiger charge is -2.12. The topological polar surface area (TPSA) is 114 Å². The van der Waals surface area contributed by atoms with Gasteiger partial charge in [0.05, 0.1) is 38.8 Å². The lowest BCUT2D eigenvalue weighted by molar-refractivity contribution is 0.0601. The van der Waals surface area contributed by atoms with Crippen molar-refractivity contribution >= 4 is 23.1 Å². The molecule has 156 valence electrons. The third kappa shape index (κ3) is 3.51. The number of fused-ring (bicyclic) bond motifs is 1. The summed E-state index contributed by atoms with van der Waals surface area (Å²) in [6.45, 7) is 0. The normalized spacial score (nSPS) is 10.5. The van der Waals surface area contributed by atoms with Crippen LogP contribution in [-0.4, -0.2) is 41.9 Å². The molecule has 4 rings (SSSR count). The Morgan fingerprint density at radius 3 is 2.65 bits per heavy atom. The summed E-state index contributed by atoms with van der Waals surface area (Å²) in [5.41, 5.74) is 3.48. The molecule has 2 N–H and O–H groups in total. The molecule has 0 atom stereocenters. The monoisotopic (exact) mass is 417 g/mol. The number of nitriles is 1. The summed E-state index contributed by atoms with van der Waals surface area (Å²) in [5, 5.41) is 17.1. The number of H-pyrrole nitrogens is 1. The zero-order valence-corrected chi connectivity index (χ0v) is 17.1. The highest BCUT2D eigenvalue weighted by atomic mass is 16.5. The van der Waals surface area contributed by atoms with Gasteiger partial charge in [-0.3, -0.25) is 0 Å². The predicted octanol–water partition coefficient (Wildman–Crippen LogP) is 3.75. The Bertz CT molecular complexity index is 1320. The number of carbonyl (C=O) groups is 1. The maximum atomic E-state index is 11.9. The SMILES string of the molecule is COC(=O)c1cccc(Nc2c(-c3ccc(OC)c(OC)c3)[nH]c3c(C#N)cnn23)c1. The van der Waals surface area contributed by atoms with Crippen LogP contribution in [0.3, 0.4) is 0 Å². The van der Waals surface area contributed by atoms with Gasteiger partial charge in [0.25, 0.3) is 0 Å². The van der Waals surface area contributed by atoms with Gasteiger partial charge in [0, 0.05) is 11.3 Å². The summed E-state index contributed by atoms with van der Waals surface area (Å²) in [5.74, 6) is 1.31. The molecular formula is C22H19N5O4. The molecule has 2 heterocycles. The fraction of sp³-hybridized carbons (Fsp3) is 0.136. The van der Waals surface area contributed by atoms with Crippen LogP contribution in [0.4, 0.5) is 11.5 Å². The summed E-state index contributed by atoms with van der Waals surface area (Å²) in [7, 11) is 4.47. The number of aromatic amines is 1. The quantitative estimate of drug-likeness (QED) is 0.459. The van der Waals surface area contributed by atoms with Crippen molar-refractivity contribution in [2.75, 3.05) is 26.6 Å². The van der Waals surface area contributed by atoms with Crippen molar-refractivity contribution in [3.8, 4) is 28.8 Å². The molecule has 2 aromatic carbocycles. The van der Waals surface area contributed by atoms with E-state index in [4.69, 9.17) is 14.2 Å². The van der Waals surface area contributed by atoms with Crippen LogP contribution >= 0.6 is 0 Å². The molecule has 0 amide bonds. The van der Waals surface area contributed by atoms with Crippen molar-refractivity contribution in [1.82, 2.24) is 14.6 Å². The Balaban J connectivity index is 1.86. The first-order valence-corrected chi connectivity index (χ1v) is 9.27. The van der Waals surface area contributed by atoms with Crippen LogP contribution in [0.25, 0.3) is 16.9 Å². The van der Waals surface area contributed by atoms with Crippen molar-refractivity contribution in [3.05, 3.63) is 59.8 Å². The second kappa shape index (κ2) is 8.12. The molecule has 0 bridgehead atoms. The van der Waals surface area contributed by atoms with Gasteiger partial charge in [-0.1, -0.05) is 6.07 Å². The first-order valence-electron chi connectivity index (χ1n) is 9.27. The Hall–Kier alpha value is -4.45. The Labute approximate surface area is 177 Å². The maximum absolute atomic E-state index is 11.9. The highest BCUT2D eigenvalue weighted by Gasteiger charge is 2.19. The summed E-state index contributed by atoms with van der Waals surface area (Å²) in [6, 6.07) is 14.5. The number of nitrogens with zero attached hydrogens (tertiary/aromatic N) is 3. The van der Waals surface area contributed by atoms with Crippen molar-refractivity contribution < 1.29 is 19.0 Å². The van der Waals surface area contributed by atoms with E-state index in [0.717, 1.165) is 5.56 Å². The first-order chi connectivity index (χ1) is 15.1. The second-order valence-corrected chi connectivity index (χ2v) is 6.55. The van der Waals surface area contributed by atoms with Gasteiger partial charge >= 0.3 is 5.97 Å². The maximum Gasteiger partial charge on any atom is 0.337 e. The standard InChI is InChI=1S/C22H19N5O4/c1-29-17-8-7-13(10-18(17)30-2)19-21(27-20(26-19)15(11-23)12-24-27)25-16-6-4-5-14(9-16)22(28)31-3/h4-10,12,25-26H,1-3H3. The minimum atomic E-state index is -0.436. The second-order valence-electron chi connectivity index (χ2n) is 6.55. The molecular weight excluding hydrogens is 398 g/mol. The molecule has 0 radical (unpaired) electrons. The Morgan fingerprint density at radius 1 is 1.13 bits per heavy atom. The molecule has 0 fully saturated rings. The van der Waals surface area contributed by atoms with Gasteiger partial charge < -0.3 is 24.5 Å². The predicted molar refractivity (Wildman–Crippen MR) is 114 cm³/mol. The molecule has 2 aromatic heterocycles. The molecule has 0 aliphatic heterocycles. The fourth-order valence-electron chi connectivity index (χ4n) is 3.30. The van der Waals surface area contributed by atoms with Gasteiger partial charge in [-0.25, -0.2) is 4.79 Å². The van der Waals surface area contributed by atoms with E-state index in [9.17, 15) is 10.1 Å². The van der Waals surface area contributed by atoms with Gasteiger partial charge in [-0.05, 0) is 36.4 Å². The van der Waals surface area contributed by atoms with Crippen LogP contribution in [0.15, 0.2) is 48.7 Å². The number of anilines is 2. The number of carbonyl (C=O) groups excluding carboxylic acids is 1. The smallest absolute Gasteiger partial charge is 0.337 e. The Kier molecular flexibility index (Phi) is 5.20. The van der Waals surface area contributed by atoms with E-state index in [1.807, 2.05) is 18.2 Å². The van der Waals surface area contributed by atoms with Crippen molar-refractivity contribution in [1.29, 1.82) is 5.26 Å². The van der Waals surface area contributed by atoms with Crippen LogP contribution in [0.2, 0.25) is 0 Å². The highest BCUT2D eigenvalue weighted by Crippen LogP contribution is 2.37. The van der Waals surface area contributed by atoms with Crippen LogP contribution < -0.4 is 14.8 Å². The van der Waals surface area contributed by atoms with Gasteiger partial charge in [-0.15, -0.1) is 0 Å². The number of imidazole rings is 1. The minimum Gasteiger partial charge on any atom is -0.493 e. The van der Waals surface area contributed by atoms with Gasteiger partial charge in [0.15, 0.2) is 23.0 Å². The largest absolute Gasteiger partial charge is 0.493 e. The zero-order valence-electron chi connectivity index (χ0n) is 17.1. The highest BCUT2D eigenvalue weighted by molar-refractivity contribution is 5.91. The number of hydrogen-bond donors (Lipinski definition) is 2. The first kappa shape index (κ1) is 19.8. The summed E-state index contributed by atoms with van der Waals surface area (Å²) >= 11 is 0. The van der Waals surface area contributed by atoms with Crippen molar-refractivity contribution in [3.63, 3.8) is 0 Å². The Morgan fingerprint density at radius 2 is 1.94 bits per heavy atom. The van der Waals surface area contributed by atoms with Crippen LogP contribution in [-0.2, 0) is 4.74 Å². The molecule has 0 aliphatic rings. The van der Waals surface area contributed by atoms with E-state index >= 15 is 0 Å². The van der Waals surface area contributed by atoms with Crippen LogP contribution in [0.5, 0.6) is 11.5 Å². The number of benzene rings is 2. The number of hydrogen-bond acceptors (Lipinski definition) is 7. The molecule has 4 aromatic rings. The average molecular weight is 417 g/mol. The number of aromatic nitrogens is 3. The molecule has 31 heavy (non-hydrogen) atoms. The summed E-state index contributed by atoms with van der Waals surface area (Å²) in [4.78, 5) is 15.2. The molecule has 0 spiro atoms. The number of methoxy groups -OCH3 is 3. The number of esters is 1. The number of ether oxygens (including phenoxy) is 3. The van der Waals surface area contributed by atoms with Crippen LogP contribution in [0.1, 0.15) is 15.9 Å². The number of rotatable bonds is 6.